The molecule has 0 saturated heterocycles. The van der Waals surface area contributed by atoms with Gasteiger partial charge in [-0.2, -0.15) is 0 Å². The molecule has 0 atom stereocenters. The van der Waals surface area contributed by atoms with Crippen molar-refractivity contribution >= 4 is 12.3 Å². The highest BCUT2D eigenvalue weighted by Crippen LogP contribution is 1.89. The van der Waals surface area contributed by atoms with E-state index in [9.17, 15) is 9.59 Å². The number of esters is 1. The van der Waals surface area contributed by atoms with E-state index >= 15 is 0 Å². The standard InChI is InChI=1S/C8H12O3/c1-3-8(10)11-5-4-7(2)6-9/h4,6H,3,5H2,1-2H3. The smallest absolute Gasteiger partial charge is 0.305 e. The van der Waals surface area contributed by atoms with Gasteiger partial charge in [-0.1, -0.05) is 6.92 Å². The molecule has 11 heavy (non-hydrogen) atoms. The van der Waals surface area contributed by atoms with Crippen LogP contribution in [0, 0.1) is 0 Å². The molecule has 0 bridgehead atoms. The summed E-state index contributed by atoms with van der Waals surface area (Å²) in [5, 5.41) is 0. The second kappa shape index (κ2) is 5.65. The molecular weight excluding hydrogens is 144 g/mol. The van der Waals surface area contributed by atoms with Crippen LogP contribution in [0.1, 0.15) is 20.3 Å². The van der Waals surface area contributed by atoms with Crippen molar-refractivity contribution < 1.29 is 14.3 Å². The Morgan fingerprint density at radius 2 is 2.18 bits per heavy atom. The maximum absolute atomic E-state index is 10.5. The normalized spacial score (nSPS) is 10.9. The summed E-state index contributed by atoms with van der Waals surface area (Å²) in [6, 6.07) is 0. The molecule has 0 aromatic carbocycles. The Labute approximate surface area is 66.0 Å². The van der Waals surface area contributed by atoms with E-state index in [0.717, 1.165) is 6.29 Å². The number of hydrogen-bond donors (Lipinski definition) is 0. The first-order valence-corrected chi connectivity index (χ1v) is 3.48. The van der Waals surface area contributed by atoms with Crippen LogP contribution in [0.5, 0.6) is 0 Å². The SMILES string of the molecule is CCC(=O)OCC=C(C)C=O. The molecule has 0 spiro atoms. The van der Waals surface area contributed by atoms with Gasteiger partial charge in [0.05, 0.1) is 0 Å². The fourth-order valence-corrected chi connectivity index (χ4v) is 0.416. The highest BCUT2D eigenvalue weighted by molar-refractivity contribution is 5.72. The van der Waals surface area contributed by atoms with Gasteiger partial charge in [-0.25, -0.2) is 0 Å². The van der Waals surface area contributed by atoms with Crippen LogP contribution in [0.2, 0.25) is 0 Å². The van der Waals surface area contributed by atoms with Gasteiger partial charge in [0, 0.05) is 6.42 Å². The van der Waals surface area contributed by atoms with Crippen molar-refractivity contribution in [2.24, 2.45) is 0 Å². The Bertz CT molecular complexity index is 170. The second-order valence-corrected chi connectivity index (χ2v) is 2.10. The summed E-state index contributed by atoms with van der Waals surface area (Å²) in [5.74, 6) is -0.250. The van der Waals surface area contributed by atoms with E-state index in [4.69, 9.17) is 0 Å². The fraction of sp³-hybridized carbons (Fsp3) is 0.500. The molecule has 0 unspecified atom stereocenters. The van der Waals surface area contributed by atoms with Crippen LogP contribution in [-0.4, -0.2) is 18.9 Å². The molecule has 0 amide bonds. The van der Waals surface area contributed by atoms with Crippen molar-refractivity contribution in [1.29, 1.82) is 0 Å². The first-order chi connectivity index (χ1) is 5.20. The number of carbonyl (C=O) groups is 2. The van der Waals surface area contributed by atoms with Crippen LogP contribution >= 0.6 is 0 Å². The van der Waals surface area contributed by atoms with Crippen LogP contribution in [0.3, 0.4) is 0 Å². The molecule has 0 aliphatic heterocycles. The zero-order chi connectivity index (χ0) is 8.69. The van der Waals surface area contributed by atoms with Crippen LogP contribution in [0.25, 0.3) is 0 Å². The summed E-state index contributed by atoms with van der Waals surface area (Å²) < 4.78 is 4.69. The van der Waals surface area contributed by atoms with Crippen molar-refractivity contribution in [3.8, 4) is 0 Å². The number of aldehydes is 1. The van der Waals surface area contributed by atoms with Crippen LogP contribution in [-0.2, 0) is 14.3 Å². The Balaban J connectivity index is 3.56. The molecular formula is C8H12O3. The Morgan fingerprint density at radius 3 is 2.64 bits per heavy atom. The van der Waals surface area contributed by atoms with Crippen molar-refractivity contribution in [2.75, 3.05) is 6.61 Å². The summed E-state index contributed by atoms with van der Waals surface area (Å²) >= 11 is 0. The zero-order valence-corrected chi connectivity index (χ0v) is 6.79. The first-order valence-electron chi connectivity index (χ1n) is 3.48. The molecule has 62 valence electrons. The van der Waals surface area contributed by atoms with Crippen molar-refractivity contribution in [3.63, 3.8) is 0 Å². The van der Waals surface area contributed by atoms with Gasteiger partial charge in [-0.05, 0) is 18.6 Å². The molecule has 3 heteroatoms. The summed E-state index contributed by atoms with van der Waals surface area (Å²) in [7, 11) is 0. The molecule has 0 N–H and O–H groups in total. The fourth-order valence-electron chi connectivity index (χ4n) is 0.416. The van der Waals surface area contributed by atoms with Gasteiger partial charge in [-0.3, -0.25) is 9.59 Å². The summed E-state index contributed by atoms with van der Waals surface area (Å²) in [4.78, 5) is 20.6. The first kappa shape index (κ1) is 9.88. The lowest BCUT2D eigenvalue weighted by molar-refractivity contribution is -0.142. The average molecular weight is 156 g/mol. The maximum atomic E-state index is 10.5. The van der Waals surface area contributed by atoms with Gasteiger partial charge < -0.3 is 4.74 Å². The summed E-state index contributed by atoms with van der Waals surface area (Å²) in [6.45, 7) is 3.57. The Kier molecular flexibility index (Phi) is 5.07. The lowest BCUT2D eigenvalue weighted by atomic mass is 10.3. The van der Waals surface area contributed by atoms with E-state index in [0.29, 0.717) is 12.0 Å². The van der Waals surface area contributed by atoms with Crippen molar-refractivity contribution in [1.82, 2.24) is 0 Å². The van der Waals surface area contributed by atoms with Gasteiger partial charge in [0.25, 0.3) is 0 Å². The minimum Gasteiger partial charge on any atom is -0.461 e. The second-order valence-electron chi connectivity index (χ2n) is 2.10. The van der Waals surface area contributed by atoms with E-state index < -0.39 is 0 Å². The molecule has 0 aliphatic carbocycles. The van der Waals surface area contributed by atoms with Crippen LogP contribution < -0.4 is 0 Å². The number of carbonyl (C=O) groups excluding carboxylic acids is 2. The third-order valence-corrected chi connectivity index (χ3v) is 1.12. The number of rotatable bonds is 4. The monoisotopic (exact) mass is 156 g/mol. The third kappa shape index (κ3) is 5.33. The van der Waals surface area contributed by atoms with Gasteiger partial charge in [0.2, 0.25) is 0 Å². The predicted molar refractivity (Wildman–Crippen MR) is 41.1 cm³/mol. The summed E-state index contributed by atoms with van der Waals surface area (Å²) in [5.41, 5.74) is 0.578. The van der Waals surface area contributed by atoms with E-state index in [1.807, 2.05) is 0 Å². The predicted octanol–water partition coefficient (Wildman–Crippen LogP) is 1.08. The zero-order valence-electron chi connectivity index (χ0n) is 6.79. The van der Waals surface area contributed by atoms with Gasteiger partial charge in [0.15, 0.2) is 0 Å². The molecule has 0 fully saturated rings. The minimum absolute atomic E-state index is 0.192. The highest BCUT2D eigenvalue weighted by atomic mass is 16.5. The Hall–Kier alpha value is -1.12. The third-order valence-electron chi connectivity index (χ3n) is 1.12. The van der Waals surface area contributed by atoms with E-state index in [1.54, 1.807) is 19.9 Å². The van der Waals surface area contributed by atoms with E-state index in [1.165, 1.54) is 0 Å². The number of ether oxygens (including phenoxy) is 1. The quantitative estimate of drug-likeness (QED) is 0.347. The largest absolute Gasteiger partial charge is 0.461 e. The average Bonchev–Trinajstić information content (AvgIpc) is 2.04. The molecule has 0 aromatic rings. The molecule has 0 aromatic heterocycles. The van der Waals surface area contributed by atoms with Crippen molar-refractivity contribution in [3.05, 3.63) is 11.6 Å². The van der Waals surface area contributed by atoms with Gasteiger partial charge >= 0.3 is 5.97 Å². The minimum atomic E-state index is -0.250. The highest BCUT2D eigenvalue weighted by Gasteiger charge is 1.94. The summed E-state index contributed by atoms with van der Waals surface area (Å²) in [6.07, 6.45) is 2.66. The molecule has 3 nitrogen and oxygen atoms in total. The lowest BCUT2D eigenvalue weighted by Gasteiger charge is -1.97. The molecule has 0 radical (unpaired) electrons. The Morgan fingerprint density at radius 1 is 1.55 bits per heavy atom. The molecule has 0 rings (SSSR count). The lowest BCUT2D eigenvalue weighted by Crippen LogP contribution is -2.02. The van der Waals surface area contributed by atoms with Gasteiger partial charge in [-0.15, -0.1) is 0 Å². The topological polar surface area (TPSA) is 43.4 Å². The van der Waals surface area contributed by atoms with Crippen LogP contribution in [0.15, 0.2) is 11.6 Å². The van der Waals surface area contributed by atoms with Crippen molar-refractivity contribution in [2.45, 2.75) is 20.3 Å². The molecule has 0 aliphatic rings. The van der Waals surface area contributed by atoms with Gasteiger partial charge in [0.1, 0.15) is 12.9 Å². The number of allylic oxidation sites excluding steroid dienone is 1. The van der Waals surface area contributed by atoms with E-state index in [-0.39, 0.29) is 12.6 Å². The number of hydrogen-bond acceptors (Lipinski definition) is 3. The molecule has 0 saturated carbocycles. The molecule has 0 heterocycles. The maximum Gasteiger partial charge on any atom is 0.305 e. The van der Waals surface area contributed by atoms with Crippen LogP contribution in [0.4, 0.5) is 0 Å². The van der Waals surface area contributed by atoms with E-state index in [2.05, 4.69) is 4.74 Å².